The van der Waals surface area contributed by atoms with Gasteiger partial charge in [-0.15, -0.1) is 0 Å². The van der Waals surface area contributed by atoms with Crippen LogP contribution in [0.4, 0.5) is 13.2 Å². The second-order valence-electron chi connectivity index (χ2n) is 3.50. The van der Waals surface area contributed by atoms with E-state index < -0.39 is 16.6 Å². The van der Waals surface area contributed by atoms with Gasteiger partial charge in [-0.1, -0.05) is 0 Å². The molecule has 1 unspecified atom stereocenters. The average molecular weight is 291 g/mol. The molecule has 2 rings (SSSR count). The standard InChI is InChI=1S/C10H8F3N3O2S/c1-16-9(18-19(17)10(11,12)13)5-8(15-16)7-3-2-4-14-6-7/h2-6H,1H3. The maximum absolute atomic E-state index is 12.1. The summed E-state index contributed by atoms with van der Waals surface area (Å²) in [6, 6.07) is 4.62. The molecule has 19 heavy (non-hydrogen) atoms. The molecule has 102 valence electrons. The Labute approximate surface area is 108 Å². The first-order valence-electron chi connectivity index (χ1n) is 4.99. The smallest absolute Gasteiger partial charge is 0.374 e. The van der Waals surface area contributed by atoms with Crippen molar-refractivity contribution in [1.29, 1.82) is 0 Å². The average Bonchev–Trinajstić information content (AvgIpc) is 2.71. The second kappa shape index (κ2) is 5.00. The third-order valence-corrected chi connectivity index (χ3v) is 2.84. The van der Waals surface area contributed by atoms with Crippen LogP contribution in [0.25, 0.3) is 11.3 Å². The Balaban J connectivity index is 2.25. The number of pyridine rings is 1. The van der Waals surface area contributed by atoms with Gasteiger partial charge in [0, 0.05) is 31.1 Å². The molecule has 0 aromatic carbocycles. The number of nitrogens with zero attached hydrogens (tertiary/aromatic N) is 3. The van der Waals surface area contributed by atoms with E-state index in [0.29, 0.717) is 11.3 Å². The van der Waals surface area contributed by atoms with Crippen molar-refractivity contribution in [1.82, 2.24) is 14.8 Å². The van der Waals surface area contributed by atoms with E-state index in [2.05, 4.69) is 14.3 Å². The van der Waals surface area contributed by atoms with Gasteiger partial charge in [-0.05, 0) is 12.1 Å². The minimum atomic E-state index is -4.93. The van der Waals surface area contributed by atoms with Crippen molar-refractivity contribution >= 4 is 11.1 Å². The van der Waals surface area contributed by atoms with Crippen molar-refractivity contribution in [2.24, 2.45) is 7.05 Å². The third kappa shape index (κ3) is 3.11. The number of halogens is 3. The lowest BCUT2D eigenvalue weighted by atomic mass is 10.2. The van der Waals surface area contributed by atoms with E-state index >= 15 is 0 Å². The lowest BCUT2D eigenvalue weighted by Crippen LogP contribution is -2.21. The van der Waals surface area contributed by atoms with Crippen LogP contribution in [-0.2, 0) is 18.1 Å². The molecule has 0 aliphatic heterocycles. The van der Waals surface area contributed by atoms with Gasteiger partial charge in [0.25, 0.3) is 0 Å². The van der Waals surface area contributed by atoms with Crippen LogP contribution in [0, 0.1) is 0 Å². The Morgan fingerprint density at radius 2 is 2.16 bits per heavy atom. The zero-order chi connectivity index (χ0) is 14.0. The fourth-order valence-electron chi connectivity index (χ4n) is 1.31. The number of hydrogen-bond acceptors (Lipinski definition) is 4. The molecule has 0 aliphatic rings. The summed E-state index contributed by atoms with van der Waals surface area (Å²) in [7, 11) is 1.39. The first kappa shape index (κ1) is 13.5. The molecule has 2 aromatic rings. The van der Waals surface area contributed by atoms with Crippen LogP contribution < -0.4 is 4.18 Å². The highest BCUT2D eigenvalue weighted by Crippen LogP contribution is 2.26. The second-order valence-corrected chi connectivity index (χ2v) is 4.60. The molecule has 0 radical (unpaired) electrons. The van der Waals surface area contributed by atoms with Gasteiger partial charge in [0.05, 0.1) is 5.69 Å². The van der Waals surface area contributed by atoms with Gasteiger partial charge in [0.2, 0.25) is 5.88 Å². The van der Waals surface area contributed by atoms with Crippen molar-refractivity contribution in [2.45, 2.75) is 5.51 Å². The maximum Gasteiger partial charge on any atom is 0.508 e. The third-order valence-electron chi connectivity index (χ3n) is 2.14. The summed E-state index contributed by atoms with van der Waals surface area (Å²) in [4.78, 5) is 3.87. The molecule has 2 heterocycles. The molecule has 0 fully saturated rings. The Bertz CT molecular complexity index is 598. The molecule has 0 bridgehead atoms. The maximum atomic E-state index is 12.1. The quantitative estimate of drug-likeness (QED) is 0.868. The molecule has 0 saturated carbocycles. The molecule has 5 nitrogen and oxygen atoms in total. The van der Waals surface area contributed by atoms with Crippen molar-refractivity contribution < 1.29 is 21.6 Å². The van der Waals surface area contributed by atoms with E-state index in [1.807, 2.05) is 0 Å². The molecule has 9 heteroatoms. The fourth-order valence-corrected chi connectivity index (χ4v) is 1.71. The SMILES string of the molecule is Cn1nc(-c2cccnc2)cc1OS(=O)C(F)(F)F. The van der Waals surface area contributed by atoms with E-state index in [0.717, 1.165) is 4.68 Å². The van der Waals surface area contributed by atoms with Gasteiger partial charge >= 0.3 is 16.6 Å². The Hall–Kier alpha value is -1.90. The summed E-state index contributed by atoms with van der Waals surface area (Å²) in [6.45, 7) is 0. The predicted octanol–water partition coefficient (Wildman–Crippen LogP) is 2.04. The Morgan fingerprint density at radius 3 is 2.74 bits per heavy atom. The van der Waals surface area contributed by atoms with Gasteiger partial charge < -0.3 is 4.18 Å². The van der Waals surface area contributed by atoms with E-state index in [-0.39, 0.29) is 5.88 Å². The van der Waals surface area contributed by atoms with E-state index in [1.165, 1.54) is 19.3 Å². The first-order valence-corrected chi connectivity index (χ1v) is 6.07. The normalized spacial score (nSPS) is 13.3. The number of hydrogen-bond donors (Lipinski definition) is 0. The summed E-state index contributed by atoms with van der Waals surface area (Å²) in [5.74, 6) is -0.241. The molecule has 0 saturated heterocycles. The largest absolute Gasteiger partial charge is 0.508 e. The highest BCUT2D eigenvalue weighted by Gasteiger charge is 2.40. The summed E-state index contributed by atoms with van der Waals surface area (Å²) >= 11 is -3.42. The molecular weight excluding hydrogens is 283 g/mol. The lowest BCUT2D eigenvalue weighted by molar-refractivity contribution is -0.0439. The van der Waals surface area contributed by atoms with Gasteiger partial charge in [-0.2, -0.15) is 18.3 Å². The topological polar surface area (TPSA) is 57.0 Å². The van der Waals surface area contributed by atoms with E-state index in [9.17, 15) is 17.4 Å². The minimum absolute atomic E-state index is 0.241. The van der Waals surface area contributed by atoms with Crippen molar-refractivity contribution in [3.63, 3.8) is 0 Å². The van der Waals surface area contributed by atoms with E-state index in [4.69, 9.17) is 0 Å². The van der Waals surface area contributed by atoms with Crippen LogP contribution >= 0.6 is 0 Å². The van der Waals surface area contributed by atoms with Crippen molar-refractivity contribution in [2.75, 3.05) is 0 Å². The molecule has 0 spiro atoms. The molecular formula is C10H8F3N3O2S. The summed E-state index contributed by atoms with van der Waals surface area (Å²) in [5.41, 5.74) is -3.94. The summed E-state index contributed by atoms with van der Waals surface area (Å²) in [6.07, 6.45) is 3.06. The summed E-state index contributed by atoms with van der Waals surface area (Å²) in [5, 5.41) is 3.97. The van der Waals surface area contributed by atoms with Crippen LogP contribution in [0.2, 0.25) is 0 Å². The van der Waals surface area contributed by atoms with Crippen LogP contribution in [0.1, 0.15) is 0 Å². The first-order chi connectivity index (χ1) is 8.88. The monoisotopic (exact) mass is 291 g/mol. The van der Waals surface area contributed by atoms with Crippen LogP contribution in [0.15, 0.2) is 30.6 Å². The molecule has 0 N–H and O–H groups in total. The van der Waals surface area contributed by atoms with Crippen LogP contribution in [0.5, 0.6) is 5.88 Å². The predicted molar refractivity (Wildman–Crippen MR) is 61.3 cm³/mol. The molecule has 2 aromatic heterocycles. The van der Waals surface area contributed by atoms with Crippen molar-refractivity contribution in [3.8, 4) is 17.1 Å². The van der Waals surface area contributed by atoms with Crippen LogP contribution in [0.3, 0.4) is 0 Å². The Morgan fingerprint density at radius 1 is 1.42 bits per heavy atom. The van der Waals surface area contributed by atoms with Gasteiger partial charge in [0.15, 0.2) is 0 Å². The summed E-state index contributed by atoms with van der Waals surface area (Å²) < 4.78 is 52.7. The van der Waals surface area contributed by atoms with Gasteiger partial charge in [-0.25, -0.2) is 8.89 Å². The number of rotatable bonds is 3. The fraction of sp³-hybridized carbons (Fsp3) is 0.200. The minimum Gasteiger partial charge on any atom is -0.374 e. The zero-order valence-corrected chi connectivity index (χ0v) is 10.4. The molecule has 1 atom stereocenters. The lowest BCUT2D eigenvalue weighted by Gasteiger charge is -2.06. The van der Waals surface area contributed by atoms with E-state index in [1.54, 1.807) is 18.3 Å². The number of aryl methyl sites for hydroxylation is 1. The highest BCUT2D eigenvalue weighted by molar-refractivity contribution is 7.81. The van der Waals surface area contributed by atoms with Crippen molar-refractivity contribution in [3.05, 3.63) is 30.6 Å². The zero-order valence-electron chi connectivity index (χ0n) is 9.59. The molecule has 0 aliphatic carbocycles. The highest BCUT2D eigenvalue weighted by atomic mass is 32.2. The van der Waals surface area contributed by atoms with Gasteiger partial charge in [0.1, 0.15) is 0 Å². The van der Waals surface area contributed by atoms with Gasteiger partial charge in [-0.3, -0.25) is 4.98 Å². The number of alkyl halides is 3. The number of aromatic nitrogens is 3. The molecule has 0 amide bonds. The van der Waals surface area contributed by atoms with Crippen LogP contribution in [-0.4, -0.2) is 24.5 Å². The Kier molecular flexibility index (Phi) is 3.56.